The smallest absolute Gasteiger partial charge is 0.159 e. The van der Waals surface area contributed by atoms with E-state index in [1.165, 1.54) is 44.2 Å². The van der Waals surface area contributed by atoms with Gasteiger partial charge in [0.25, 0.3) is 0 Å². The van der Waals surface area contributed by atoms with Crippen LogP contribution in [0.1, 0.15) is 30.5 Å². The molecule has 0 atom stereocenters. The second kappa shape index (κ2) is 10.8. The molecule has 0 N–H and O–H groups in total. The summed E-state index contributed by atoms with van der Waals surface area (Å²) < 4.78 is 9.21. The van der Waals surface area contributed by atoms with Crippen LogP contribution in [0.5, 0.6) is 11.5 Å². The third kappa shape index (κ3) is 4.08. The van der Waals surface area contributed by atoms with E-state index in [2.05, 4.69) is 152 Å². The molecule has 1 aliphatic carbocycles. The molecule has 0 amide bonds. The first-order chi connectivity index (χ1) is 26.0. The SMILES string of the molecule is CC1(C)c2cc(C#N)ccc2-c2ccc(-c3c4ccccc4c(-c4cccc5c4Oc4cccc6nc(-c7ccccc7)n-5c46)c4ccccc34)cc21. The maximum absolute atomic E-state index is 9.69. The second-order valence-corrected chi connectivity index (χ2v) is 14.6. The molecule has 11 rings (SSSR count). The van der Waals surface area contributed by atoms with Crippen LogP contribution in [0.15, 0.2) is 152 Å². The summed E-state index contributed by atoms with van der Waals surface area (Å²) in [6, 6.07) is 55.9. The van der Waals surface area contributed by atoms with E-state index in [9.17, 15) is 5.26 Å². The van der Waals surface area contributed by atoms with Crippen LogP contribution in [0.3, 0.4) is 0 Å². The lowest BCUT2D eigenvalue weighted by Crippen LogP contribution is -2.15. The molecule has 9 aromatic rings. The van der Waals surface area contributed by atoms with E-state index >= 15 is 0 Å². The molecule has 0 radical (unpaired) electrons. The van der Waals surface area contributed by atoms with Gasteiger partial charge in [-0.2, -0.15) is 5.26 Å². The highest BCUT2D eigenvalue weighted by atomic mass is 16.5. The summed E-state index contributed by atoms with van der Waals surface area (Å²) in [5.41, 5.74) is 13.9. The minimum absolute atomic E-state index is 0.243. The zero-order valence-electron chi connectivity index (χ0n) is 29.2. The predicted octanol–water partition coefficient (Wildman–Crippen LogP) is 12.6. The number of ether oxygens (including phenoxy) is 1. The first-order valence-corrected chi connectivity index (χ1v) is 18.0. The van der Waals surface area contributed by atoms with Crippen molar-refractivity contribution in [3.05, 3.63) is 168 Å². The van der Waals surface area contributed by atoms with Crippen molar-refractivity contribution >= 4 is 32.6 Å². The Kier molecular flexibility index (Phi) is 6.05. The third-order valence-corrected chi connectivity index (χ3v) is 11.4. The second-order valence-electron chi connectivity index (χ2n) is 14.6. The van der Waals surface area contributed by atoms with Gasteiger partial charge in [0.2, 0.25) is 0 Å². The number of hydrogen-bond donors (Lipinski definition) is 0. The summed E-state index contributed by atoms with van der Waals surface area (Å²) in [5, 5.41) is 14.4. The fraction of sp³-hybridized carbons (Fsp3) is 0.0612. The summed E-state index contributed by atoms with van der Waals surface area (Å²) in [7, 11) is 0. The van der Waals surface area contributed by atoms with E-state index < -0.39 is 0 Å². The Morgan fingerprint density at radius 1 is 0.585 bits per heavy atom. The Hall–Kier alpha value is -6.96. The standard InChI is InChI=1S/C49H31N3O/c1-49(2)39-26-29(28-50)22-24-32(39)33-25-23-31(27-40(33)49)44-34-14-6-8-16-36(34)45(37-17-9-7-15-35(37)44)38-18-10-20-42-47(38)53-43-21-11-19-41-46(43)52(42)48(51-41)30-12-4-3-5-13-30/h3-27H,1-2H3. The maximum atomic E-state index is 9.69. The summed E-state index contributed by atoms with van der Waals surface area (Å²) in [6.07, 6.45) is 0. The van der Waals surface area contributed by atoms with Gasteiger partial charge in [0.15, 0.2) is 11.5 Å². The van der Waals surface area contributed by atoms with Crippen molar-refractivity contribution in [3.8, 4) is 68.0 Å². The van der Waals surface area contributed by atoms with Crippen LogP contribution in [0.25, 0.3) is 83.0 Å². The molecule has 248 valence electrons. The summed E-state index contributed by atoms with van der Waals surface area (Å²) in [4.78, 5) is 5.13. The molecule has 4 nitrogen and oxygen atoms in total. The van der Waals surface area contributed by atoms with Crippen molar-refractivity contribution in [3.63, 3.8) is 0 Å². The molecule has 0 fully saturated rings. The number of para-hydroxylation sites is 2. The Balaban J connectivity index is 1.17. The Labute approximate surface area is 306 Å². The van der Waals surface area contributed by atoms with E-state index in [1.54, 1.807) is 0 Å². The number of fused-ring (bicyclic) bond motifs is 7. The molecule has 0 unspecified atom stereocenters. The lowest BCUT2D eigenvalue weighted by Gasteiger charge is -2.25. The largest absolute Gasteiger partial charge is 0.452 e. The highest BCUT2D eigenvalue weighted by Crippen LogP contribution is 2.54. The van der Waals surface area contributed by atoms with Gasteiger partial charge >= 0.3 is 0 Å². The molecule has 0 bridgehead atoms. The Morgan fingerprint density at radius 3 is 1.94 bits per heavy atom. The van der Waals surface area contributed by atoms with Gasteiger partial charge in [0.05, 0.1) is 22.8 Å². The van der Waals surface area contributed by atoms with Gasteiger partial charge in [-0.3, -0.25) is 4.57 Å². The predicted molar refractivity (Wildman–Crippen MR) is 215 cm³/mol. The molecule has 8 aromatic carbocycles. The van der Waals surface area contributed by atoms with Crippen molar-refractivity contribution < 1.29 is 4.74 Å². The molecular weight excluding hydrogens is 647 g/mol. The van der Waals surface area contributed by atoms with Crippen molar-refractivity contribution in [1.29, 1.82) is 5.26 Å². The quantitative estimate of drug-likeness (QED) is 0.175. The fourth-order valence-electron chi connectivity index (χ4n) is 9.00. The zero-order chi connectivity index (χ0) is 35.4. The molecular formula is C49H31N3O. The average molecular weight is 678 g/mol. The van der Waals surface area contributed by atoms with E-state index in [0.717, 1.165) is 61.5 Å². The average Bonchev–Trinajstić information content (AvgIpc) is 3.70. The van der Waals surface area contributed by atoms with Crippen molar-refractivity contribution in [1.82, 2.24) is 9.55 Å². The summed E-state index contributed by atoms with van der Waals surface area (Å²) in [5.74, 6) is 2.51. The monoisotopic (exact) mass is 677 g/mol. The molecule has 1 aromatic heterocycles. The van der Waals surface area contributed by atoms with E-state index in [0.29, 0.717) is 5.56 Å². The Bertz CT molecular complexity index is 3010. The van der Waals surface area contributed by atoms with Gasteiger partial charge in [-0.15, -0.1) is 0 Å². The molecule has 0 saturated carbocycles. The molecule has 2 heterocycles. The van der Waals surface area contributed by atoms with E-state index in [1.807, 2.05) is 24.3 Å². The number of hydrogen-bond acceptors (Lipinski definition) is 3. The zero-order valence-corrected chi connectivity index (χ0v) is 29.2. The highest BCUT2D eigenvalue weighted by molar-refractivity contribution is 6.22. The van der Waals surface area contributed by atoms with Crippen LogP contribution in [-0.2, 0) is 5.41 Å². The molecule has 0 spiro atoms. The van der Waals surface area contributed by atoms with Crippen LogP contribution in [0.2, 0.25) is 0 Å². The van der Waals surface area contributed by atoms with Gasteiger partial charge in [0.1, 0.15) is 11.3 Å². The number of imidazole rings is 1. The van der Waals surface area contributed by atoms with Crippen molar-refractivity contribution in [2.24, 2.45) is 0 Å². The minimum atomic E-state index is -0.243. The van der Waals surface area contributed by atoms with Crippen LogP contribution in [0.4, 0.5) is 0 Å². The number of nitrogens with zero attached hydrogens (tertiary/aromatic N) is 3. The topological polar surface area (TPSA) is 50.8 Å². The normalized spacial score (nSPS) is 13.4. The van der Waals surface area contributed by atoms with Crippen LogP contribution >= 0.6 is 0 Å². The Morgan fingerprint density at radius 2 is 1.23 bits per heavy atom. The number of nitriles is 1. The summed E-state index contributed by atoms with van der Waals surface area (Å²) in [6.45, 7) is 4.55. The lowest BCUT2D eigenvalue weighted by atomic mass is 9.80. The highest BCUT2D eigenvalue weighted by Gasteiger charge is 2.36. The molecule has 53 heavy (non-hydrogen) atoms. The fourth-order valence-corrected chi connectivity index (χ4v) is 9.00. The first-order valence-electron chi connectivity index (χ1n) is 18.0. The first kappa shape index (κ1) is 29.7. The van der Waals surface area contributed by atoms with Gasteiger partial charge < -0.3 is 4.74 Å². The maximum Gasteiger partial charge on any atom is 0.159 e. The molecule has 1 aliphatic heterocycles. The lowest BCUT2D eigenvalue weighted by molar-refractivity contribution is 0.478. The van der Waals surface area contributed by atoms with Crippen molar-refractivity contribution in [2.75, 3.05) is 0 Å². The van der Waals surface area contributed by atoms with Crippen LogP contribution in [-0.4, -0.2) is 9.55 Å². The van der Waals surface area contributed by atoms with Gasteiger partial charge in [0, 0.05) is 22.1 Å². The third-order valence-electron chi connectivity index (χ3n) is 11.4. The van der Waals surface area contributed by atoms with E-state index in [4.69, 9.17) is 9.72 Å². The molecule has 0 saturated heterocycles. The van der Waals surface area contributed by atoms with Crippen LogP contribution in [0, 0.1) is 11.3 Å². The molecule has 4 heteroatoms. The van der Waals surface area contributed by atoms with Gasteiger partial charge in [-0.25, -0.2) is 4.98 Å². The number of rotatable bonds is 3. The van der Waals surface area contributed by atoms with Gasteiger partial charge in [-0.1, -0.05) is 129 Å². The van der Waals surface area contributed by atoms with Crippen molar-refractivity contribution in [2.45, 2.75) is 19.3 Å². The summed E-state index contributed by atoms with van der Waals surface area (Å²) >= 11 is 0. The number of benzene rings is 8. The number of aromatic nitrogens is 2. The molecule has 2 aliphatic rings. The van der Waals surface area contributed by atoms with E-state index in [-0.39, 0.29) is 5.41 Å². The van der Waals surface area contributed by atoms with Gasteiger partial charge in [-0.05, 0) is 91.3 Å². The minimum Gasteiger partial charge on any atom is -0.452 e. The van der Waals surface area contributed by atoms with Crippen LogP contribution < -0.4 is 4.74 Å².